The molecule has 1 heterocycles. The van der Waals surface area contributed by atoms with Crippen LogP contribution in [0.4, 0.5) is 5.69 Å². The molecule has 0 radical (unpaired) electrons. The molecule has 28 heavy (non-hydrogen) atoms. The van der Waals surface area contributed by atoms with E-state index < -0.39 is 0 Å². The van der Waals surface area contributed by atoms with E-state index in [0.717, 1.165) is 33.3 Å². The van der Waals surface area contributed by atoms with Gasteiger partial charge in [0, 0.05) is 33.9 Å². The molecule has 0 bridgehead atoms. The number of benzene rings is 3. The SMILES string of the molecule is Cc1cc(C=Nc2ccc(-c3ccccc3)cc2)c(C)n1-c1cccc(Cl)c1. The van der Waals surface area contributed by atoms with E-state index in [2.05, 4.69) is 84.1 Å². The zero-order valence-electron chi connectivity index (χ0n) is 15.9. The topological polar surface area (TPSA) is 17.3 Å². The smallest absolute Gasteiger partial charge is 0.0630 e. The molecule has 2 nitrogen and oxygen atoms in total. The second-order valence-corrected chi connectivity index (χ2v) is 7.25. The molecule has 0 saturated carbocycles. The number of rotatable bonds is 4. The standard InChI is InChI=1S/C25H21ClN2/c1-18-15-22(19(2)28(18)25-10-6-9-23(26)16-25)17-27-24-13-11-21(12-14-24)20-7-4-3-5-8-20/h3-17H,1-2H3. The predicted molar refractivity (Wildman–Crippen MR) is 119 cm³/mol. The molecule has 0 spiro atoms. The van der Waals surface area contributed by atoms with Crippen LogP contribution < -0.4 is 0 Å². The van der Waals surface area contributed by atoms with E-state index in [9.17, 15) is 0 Å². The summed E-state index contributed by atoms with van der Waals surface area (Å²) in [4.78, 5) is 4.67. The first-order chi connectivity index (χ1) is 13.6. The molecule has 0 aliphatic heterocycles. The summed E-state index contributed by atoms with van der Waals surface area (Å²) in [7, 11) is 0. The van der Waals surface area contributed by atoms with E-state index in [1.807, 2.05) is 30.5 Å². The predicted octanol–water partition coefficient (Wildman–Crippen LogP) is 7.17. The Hall–Kier alpha value is -3.10. The summed E-state index contributed by atoms with van der Waals surface area (Å²) in [6.45, 7) is 4.20. The van der Waals surface area contributed by atoms with Crippen molar-refractivity contribution in [1.82, 2.24) is 4.57 Å². The first-order valence-corrected chi connectivity index (χ1v) is 9.64. The van der Waals surface area contributed by atoms with Crippen molar-refractivity contribution in [2.45, 2.75) is 13.8 Å². The summed E-state index contributed by atoms with van der Waals surface area (Å²) >= 11 is 6.16. The fraction of sp³-hybridized carbons (Fsp3) is 0.0800. The van der Waals surface area contributed by atoms with Crippen LogP contribution in [0.15, 0.2) is 89.9 Å². The van der Waals surface area contributed by atoms with Crippen molar-refractivity contribution in [3.8, 4) is 16.8 Å². The quantitative estimate of drug-likeness (QED) is 0.332. The number of aryl methyl sites for hydroxylation is 1. The number of halogens is 1. The Kier molecular flexibility index (Phi) is 5.14. The fourth-order valence-electron chi connectivity index (χ4n) is 3.45. The third-order valence-corrected chi connectivity index (χ3v) is 5.10. The number of nitrogens with zero attached hydrogens (tertiary/aromatic N) is 2. The van der Waals surface area contributed by atoms with Gasteiger partial charge >= 0.3 is 0 Å². The van der Waals surface area contributed by atoms with Gasteiger partial charge in [-0.3, -0.25) is 4.99 Å². The highest BCUT2D eigenvalue weighted by atomic mass is 35.5. The van der Waals surface area contributed by atoms with E-state index in [1.54, 1.807) is 0 Å². The second-order valence-electron chi connectivity index (χ2n) is 6.81. The molecular weight excluding hydrogens is 364 g/mol. The Balaban J connectivity index is 1.59. The molecule has 0 unspecified atom stereocenters. The average molecular weight is 385 g/mol. The van der Waals surface area contributed by atoms with Crippen LogP contribution in [0, 0.1) is 13.8 Å². The van der Waals surface area contributed by atoms with Crippen LogP contribution >= 0.6 is 11.6 Å². The van der Waals surface area contributed by atoms with Gasteiger partial charge in [0.15, 0.2) is 0 Å². The highest BCUT2D eigenvalue weighted by Gasteiger charge is 2.09. The Bertz CT molecular complexity index is 1120. The van der Waals surface area contributed by atoms with Crippen molar-refractivity contribution >= 4 is 23.5 Å². The van der Waals surface area contributed by atoms with Gasteiger partial charge in [-0.05, 0) is 61.4 Å². The summed E-state index contributed by atoms with van der Waals surface area (Å²) in [5.41, 5.74) is 7.80. The zero-order valence-corrected chi connectivity index (χ0v) is 16.7. The molecule has 0 aliphatic rings. The van der Waals surface area contributed by atoms with E-state index >= 15 is 0 Å². The van der Waals surface area contributed by atoms with Gasteiger partial charge < -0.3 is 4.57 Å². The maximum absolute atomic E-state index is 6.16. The largest absolute Gasteiger partial charge is 0.318 e. The van der Waals surface area contributed by atoms with Gasteiger partial charge in [-0.1, -0.05) is 60.1 Å². The molecule has 0 fully saturated rings. The molecule has 3 heteroatoms. The maximum Gasteiger partial charge on any atom is 0.0630 e. The van der Waals surface area contributed by atoms with Crippen LogP contribution in [0.1, 0.15) is 17.0 Å². The molecule has 0 aliphatic carbocycles. The van der Waals surface area contributed by atoms with Crippen LogP contribution in [0.5, 0.6) is 0 Å². The van der Waals surface area contributed by atoms with Gasteiger partial charge in [-0.2, -0.15) is 0 Å². The van der Waals surface area contributed by atoms with E-state index in [4.69, 9.17) is 11.6 Å². The minimum atomic E-state index is 0.735. The van der Waals surface area contributed by atoms with Crippen LogP contribution in [0.2, 0.25) is 5.02 Å². The number of aromatic nitrogens is 1. The zero-order chi connectivity index (χ0) is 19.5. The first-order valence-electron chi connectivity index (χ1n) is 9.26. The Morgan fingerprint density at radius 3 is 2.21 bits per heavy atom. The fourth-order valence-corrected chi connectivity index (χ4v) is 3.63. The van der Waals surface area contributed by atoms with Gasteiger partial charge in [0.25, 0.3) is 0 Å². The molecule has 138 valence electrons. The molecule has 3 aromatic carbocycles. The monoisotopic (exact) mass is 384 g/mol. The lowest BCUT2D eigenvalue weighted by atomic mass is 10.1. The molecule has 4 aromatic rings. The van der Waals surface area contributed by atoms with Gasteiger partial charge in [0.05, 0.1) is 5.69 Å². The van der Waals surface area contributed by atoms with Crippen molar-refractivity contribution < 1.29 is 0 Å². The minimum absolute atomic E-state index is 0.735. The Labute approximate surface area is 170 Å². The molecule has 0 N–H and O–H groups in total. The van der Waals surface area contributed by atoms with E-state index in [0.29, 0.717) is 0 Å². The van der Waals surface area contributed by atoms with Crippen molar-refractivity contribution in [2.75, 3.05) is 0 Å². The number of hydrogen-bond donors (Lipinski definition) is 0. The normalized spacial score (nSPS) is 11.2. The minimum Gasteiger partial charge on any atom is -0.318 e. The molecule has 0 saturated heterocycles. The third kappa shape index (κ3) is 3.78. The number of hydrogen-bond acceptors (Lipinski definition) is 1. The molecule has 0 atom stereocenters. The van der Waals surface area contributed by atoms with Crippen LogP contribution in [0.25, 0.3) is 16.8 Å². The van der Waals surface area contributed by atoms with Crippen LogP contribution in [0.3, 0.4) is 0 Å². The first kappa shape index (κ1) is 18.3. The molecule has 0 amide bonds. The highest BCUT2D eigenvalue weighted by molar-refractivity contribution is 6.30. The number of aliphatic imine (C=N–C) groups is 1. The lowest BCUT2D eigenvalue weighted by Crippen LogP contribution is -1.99. The van der Waals surface area contributed by atoms with Gasteiger partial charge in [0.1, 0.15) is 0 Å². The van der Waals surface area contributed by atoms with Gasteiger partial charge in [0.2, 0.25) is 0 Å². The highest BCUT2D eigenvalue weighted by Crippen LogP contribution is 2.24. The van der Waals surface area contributed by atoms with Crippen LogP contribution in [-0.4, -0.2) is 10.8 Å². The van der Waals surface area contributed by atoms with E-state index in [-0.39, 0.29) is 0 Å². The molecular formula is C25H21ClN2. The summed E-state index contributed by atoms with van der Waals surface area (Å²) in [5, 5.41) is 0.735. The molecule has 1 aromatic heterocycles. The lowest BCUT2D eigenvalue weighted by molar-refractivity contribution is 0.965. The second kappa shape index (κ2) is 7.87. The van der Waals surface area contributed by atoms with E-state index in [1.165, 1.54) is 11.1 Å². The summed E-state index contributed by atoms with van der Waals surface area (Å²) in [6, 6.07) is 28.7. The Morgan fingerprint density at radius 2 is 1.50 bits per heavy atom. The Morgan fingerprint density at radius 1 is 0.786 bits per heavy atom. The molecule has 4 rings (SSSR count). The summed E-state index contributed by atoms with van der Waals surface area (Å²) in [5.74, 6) is 0. The lowest BCUT2D eigenvalue weighted by Gasteiger charge is -2.09. The summed E-state index contributed by atoms with van der Waals surface area (Å²) < 4.78 is 2.20. The van der Waals surface area contributed by atoms with Crippen molar-refractivity contribution in [2.24, 2.45) is 4.99 Å². The summed E-state index contributed by atoms with van der Waals surface area (Å²) in [6.07, 6.45) is 1.93. The van der Waals surface area contributed by atoms with Gasteiger partial charge in [-0.25, -0.2) is 0 Å². The van der Waals surface area contributed by atoms with Crippen molar-refractivity contribution in [3.63, 3.8) is 0 Å². The third-order valence-electron chi connectivity index (χ3n) is 4.86. The van der Waals surface area contributed by atoms with Crippen molar-refractivity contribution in [3.05, 3.63) is 107 Å². The average Bonchev–Trinajstić information content (AvgIpc) is 3.01. The maximum atomic E-state index is 6.16. The van der Waals surface area contributed by atoms with Crippen LogP contribution in [-0.2, 0) is 0 Å². The van der Waals surface area contributed by atoms with Gasteiger partial charge in [-0.15, -0.1) is 0 Å². The van der Waals surface area contributed by atoms with Crippen molar-refractivity contribution in [1.29, 1.82) is 0 Å².